The van der Waals surface area contributed by atoms with Gasteiger partial charge < -0.3 is 4.98 Å². The van der Waals surface area contributed by atoms with Gasteiger partial charge in [-0.1, -0.05) is 19.4 Å². The van der Waals surface area contributed by atoms with Crippen molar-refractivity contribution in [3.63, 3.8) is 0 Å². The molecule has 2 heterocycles. The smallest absolute Gasteiger partial charge is 0.170 e. The standard InChI is InChI=1S/C11H12N2OS/c1-2-4-8-9(7-14)13-11(12-8)10-5-3-6-15-10/h3,5-7H,2,4H2,1H3,(H,12,13). The van der Waals surface area contributed by atoms with Crippen LogP contribution in [-0.2, 0) is 6.42 Å². The molecule has 4 heteroatoms. The number of H-pyrrole nitrogens is 1. The van der Waals surface area contributed by atoms with Crippen molar-refractivity contribution >= 4 is 17.6 Å². The van der Waals surface area contributed by atoms with E-state index in [9.17, 15) is 4.79 Å². The van der Waals surface area contributed by atoms with Crippen LogP contribution in [0.25, 0.3) is 10.7 Å². The first kappa shape index (κ1) is 10.1. The topological polar surface area (TPSA) is 45.8 Å². The summed E-state index contributed by atoms with van der Waals surface area (Å²) in [6.07, 6.45) is 2.69. The van der Waals surface area contributed by atoms with Crippen LogP contribution in [0.3, 0.4) is 0 Å². The number of aldehydes is 1. The summed E-state index contributed by atoms with van der Waals surface area (Å²) in [6, 6.07) is 3.97. The van der Waals surface area contributed by atoms with Gasteiger partial charge in [-0.05, 0) is 17.9 Å². The molecule has 0 bridgehead atoms. The predicted octanol–water partition coefficient (Wildman–Crippen LogP) is 2.90. The van der Waals surface area contributed by atoms with E-state index in [0.717, 1.165) is 35.5 Å². The fourth-order valence-corrected chi connectivity index (χ4v) is 2.16. The normalized spacial score (nSPS) is 10.5. The minimum absolute atomic E-state index is 0.542. The fourth-order valence-electron chi connectivity index (χ4n) is 1.49. The molecular formula is C11H12N2OS. The first-order valence-electron chi connectivity index (χ1n) is 4.93. The lowest BCUT2D eigenvalue weighted by molar-refractivity contribution is 0.111. The van der Waals surface area contributed by atoms with Crippen molar-refractivity contribution < 1.29 is 4.79 Å². The molecule has 0 unspecified atom stereocenters. The molecule has 15 heavy (non-hydrogen) atoms. The van der Waals surface area contributed by atoms with E-state index >= 15 is 0 Å². The number of hydrogen-bond acceptors (Lipinski definition) is 3. The Morgan fingerprint density at radius 3 is 3.07 bits per heavy atom. The van der Waals surface area contributed by atoms with E-state index < -0.39 is 0 Å². The molecular weight excluding hydrogens is 208 g/mol. The number of aromatic amines is 1. The molecule has 2 aromatic heterocycles. The summed E-state index contributed by atoms with van der Waals surface area (Å²) in [5.74, 6) is 0.801. The van der Waals surface area contributed by atoms with Crippen molar-refractivity contribution in [3.8, 4) is 10.7 Å². The van der Waals surface area contributed by atoms with Crippen LogP contribution in [0.5, 0.6) is 0 Å². The highest BCUT2D eigenvalue weighted by Crippen LogP contribution is 2.23. The van der Waals surface area contributed by atoms with Crippen molar-refractivity contribution in [1.29, 1.82) is 0 Å². The molecule has 0 aromatic carbocycles. The van der Waals surface area contributed by atoms with Crippen LogP contribution in [0.15, 0.2) is 17.5 Å². The summed E-state index contributed by atoms with van der Waals surface area (Å²) < 4.78 is 0. The molecule has 0 atom stereocenters. The second-order valence-corrected chi connectivity index (χ2v) is 4.24. The molecule has 0 aliphatic heterocycles. The molecule has 2 aromatic rings. The molecule has 0 spiro atoms. The lowest BCUT2D eigenvalue weighted by Crippen LogP contribution is -1.89. The molecule has 3 nitrogen and oxygen atoms in total. The number of imidazole rings is 1. The monoisotopic (exact) mass is 220 g/mol. The summed E-state index contributed by atoms with van der Waals surface area (Å²) in [4.78, 5) is 19.4. The number of rotatable bonds is 4. The van der Waals surface area contributed by atoms with Gasteiger partial charge in [-0.3, -0.25) is 4.79 Å². The van der Waals surface area contributed by atoms with E-state index in [2.05, 4.69) is 16.9 Å². The zero-order valence-electron chi connectivity index (χ0n) is 8.49. The van der Waals surface area contributed by atoms with Crippen molar-refractivity contribution in [1.82, 2.24) is 9.97 Å². The Morgan fingerprint density at radius 1 is 1.60 bits per heavy atom. The van der Waals surface area contributed by atoms with E-state index in [1.54, 1.807) is 11.3 Å². The fraction of sp³-hybridized carbons (Fsp3) is 0.273. The van der Waals surface area contributed by atoms with Gasteiger partial charge in [-0.15, -0.1) is 11.3 Å². The molecule has 2 rings (SSSR count). The first-order chi connectivity index (χ1) is 7.35. The molecule has 78 valence electrons. The highest BCUT2D eigenvalue weighted by atomic mass is 32.1. The molecule has 1 N–H and O–H groups in total. The quantitative estimate of drug-likeness (QED) is 0.805. The SMILES string of the molecule is CCCc1[nH]c(-c2cccs2)nc1C=O. The number of carbonyl (C=O) groups is 1. The van der Waals surface area contributed by atoms with Gasteiger partial charge in [0.25, 0.3) is 0 Å². The van der Waals surface area contributed by atoms with Crippen molar-refractivity contribution in [2.75, 3.05) is 0 Å². The Labute approximate surface area is 92.2 Å². The van der Waals surface area contributed by atoms with Gasteiger partial charge in [-0.2, -0.15) is 0 Å². The molecule has 0 fully saturated rings. The van der Waals surface area contributed by atoms with Crippen molar-refractivity contribution in [2.45, 2.75) is 19.8 Å². The van der Waals surface area contributed by atoms with Crippen LogP contribution in [0, 0.1) is 0 Å². The van der Waals surface area contributed by atoms with E-state index in [4.69, 9.17) is 0 Å². The minimum Gasteiger partial charge on any atom is -0.341 e. The lowest BCUT2D eigenvalue weighted by Gasteiger charge is -1.92. The van der Waals surface area contributed by atoms with Gasteiger partial charge in [0.1, 0.15) is 11.5 Å². The number of hydrogen-bond donors (Lipinski definition) is 1. The number of carbonyl (C=O) groups excluding carboxylic acids is 1. The number of aryl methyl sites for hydroxylation is 1. The number of nitrogens with one attached hydrogen (secondary N) is 1. The van der Waals surface area contributed by atoms with Crippen LogP contribution in [0.4, 0.5) is 0 Å². The maximum atomic E-state index is 10.8. The molecule has 0 radical (unpaired) electrons. The molecule has 0 saturated carbocycles. The predicted molar refractivity (Wildman–Crippen MR) is 61.3 cm³/mol. The average Bonchev–Trinajstić information content (AvgIpc) is 2.84. The third kappa shape index (κ3) is 1.99. The Balaban J connectivity index is 2.38. The third-order valence-corrected chi connectivity index (χ3v) is 3.05. The molecule has 0 saturated heterocycles. The van der Waals surface area contributed by atoms with Gasteiger partial charge in [0.05, 0.1) is 4.88 Å². The Morgan fingerprint density at radius 2 is 2.47 bits per heavy atom. The maximum Gasteiger partial charge on any atom is 0.170 e. The summed E-state index contributed by atoms with van der Waals surface area (Å²) >= 11 is 1.62. The number of thiophene rings is 1. The Bertz CT molecular complexity index is 445. The summed E-state index contributed by atoms with van der Waals surface area (Å²) in [5, 5.41) is 2.00. The van der Waals surface area contributed by atoms with E-state index in [1.165, 1.54) is 0 Å². The van der Waals surface area contributed by atoms with Crippen molar-refractivity contribution in [2.24, 2.45) is 0 Å². The van der Waals surface area contributed by atoms with Crippen molar-refractivity contribution in [3.05, 3.63) is 28.9 Å². The minimum atomic E-state index is 0.542. The zero-order valence-corrected chi connectivity index (χ0v) is 9.30. The summed E-state index contributed by atoms with van der Waals surface area (Å²) in [7, 11) is 0. The van der Waals surface area contributed by atoms with Gasteiger partial charge >= 0.3 is 0 Å². The van der Waals surface area contributed by atoms with Crippen LogP contribution in [0.2, 0.25) is 0 Å². The Kier molecular flexibility index (Phi) is 2.97. The van der Waals surface area contributed by atoms with Crippen LogP contribution < -0.4 is 0 Å². The first-order valence-corrected chi connectivity index (χ1v) is 5.81. The molecule has 0 aliphatic carbocycles. The van der Waals surface area contributed by atoms with Gasteiger partial charge in [-0.25, -0.2) is 4.98 Å². The molecule has 0 aliphatic rings. The van der Waals surface area contributed by atoms with Crippen LogP contribution in [0.1, 0.15) is 29.5 Å². The second kappa shape index (κ2) is 4.40. The number of nitrogens with zero attached hydrogens (tertiary/aromatic N) is 1. The highest BCUT2D eigenvalue weighted by Gasteiger charge is 2.10. The lowest BCUT2D eigenvalue weighted by atomic mass is 10.2. The van der Waals surface area contributed by atoms with Gasteiger partial charge in [0, 0.05) is 5.69 Å². The highest BCUT2D eigenvalue weighted by molar-refractivity contribution is 7.13. The zero-order chi connectivity index (χ0) is 10.7. The van der Waals surface area contributed by atoms with E-state index in [1.807, 2.05) is 17.5 Å². The van der Waals surface area contributed by atoms with Gasteiger partial charge in [0.2, 0.25) is 0 Å². The average molecular weight is 220 g/mol. The molecule has 0 amide bonds. The van der Waals surface area contributed by atoms with Gasteiger partial charge in [0.15, 0.2) is 6.29 Å². The Hall–Kier alpha value is -1.42. The van der Waals surface area contributed by atoms with E-state index in [-0.39, 0.29) is 0 Å². The van der Waals surface area contributed by atoms with Crippen LogP contribution in [-0.4, -0.2) is 16.3 Å². The summed E-state index contributed by atoms with van der Waals surface area (Å²) in [6.45, 7) is 2.08. The van der Waals surface area contributed by atoms with Crippen LogP contribution >= 0.6 is 11.3 Å². The summed E-state index contributed by atoms with van der Waals surface area (Å²) in [5.41, 5.74) is 1.48. The third-order valence-electron chi connectivity index (χ3n) is 2.18. The van der Waals surface area contributed by atoms with E-state index in [0.29, 0.717) is 5.69 Å². The second-order valence-electron chi connectivity index (χ2n) is 3.29. The maximum absolute atomic E-state index is 10.8. The largest absolute Gasteiger partial charge is 0.341 e. The number of aromatic nitrogens is 2.